The lowest BCUT2D eigenvalue weighted by Gasteiger charge is -2.28. The molecule has 3 heterocycles. The van der Waals surface area contributed by atoms with Crippen LogP contribution in [-0.2, 0) is 10.8 Å². The summed E-state index contributed by atoms with van der Waals surface area (Å²) in [5.41, 5.74) is 4.90. The van der Waals surface area contributed by atoms with Crippen LogP contribution < -0.4 is 0 Å². The largest absolute Gasteiger partial charge is 0.265 e. The van der Waals surface area contributed by atoms with Crippen molar-refractivity contribution in [3.8, 4) is 0 Å². The summed E-state index contributed by atoms with van der Waals surface area (Å²) in [5.74, 6) is 0.377. The highest BCUT2D eigenvalue weighted by Crippen LogP contribution is 2.33. The monoisotopic (exact) mass is 360 g/mol. The van der Waals surface area contributed by atoms with Crippen molar-refractivity contribution < 1.29 is 0 Å². The van der Waals surface area contributed by atoms with Crippen LogP contribution in [0.1, 0.15) is 75.7 Å². The summed E-state index contributed by atoms with van der Waals surface area (Å²) in [4.78, 5) is 18.1. The van der Waals surface area contributed by atoms with Gasteiger partial charge in [0.2, 0.25) is 0 Å². The van der Waals surface area contributed by atoms with Crippen LogP contribution in [0.15, 0.2) is 55.2 Å². The second-order valence-corrected chi connectivity index (χ2v) is 8.40. The van der Waals surface area contributed by atoms with Gasteiger partial charge in [-0.15, -0.1) is 0 Å². The van der Waals surface area contributed by atoms with Gasteiger partial charge in [-0.3, -0.25) is 19.9 Å². The van der Waals surface area contributed by atoms with Crippen molar-refractivity contribution in [2.45, 2.75) is 58.3 Å². The molecule has 0 N–H and O–H groups in total. The minimum atomic E-state index is -0.304. The number of rotatable bonds is 5. The first-order valence-corrected chi connectivity index (χ1v) is 9.43. The molecule has 27 heavy (non-hydrogen) atoms. The highest BCUT2D eigenvalue weighted by molar-refractivity contribution is 5.37. The summed E-state index contributed by atoms with van der Waals surface area (Å²) >= 11 is 0. The molecule has 0 bridgehead atoms. The predicted octanol–water partition coefficient (Wildman–Crippen LogP) is 5.04. The van der Waals surface area contributed by atoms with Crippen molar-refractivity contribution in [2.75, 3.05) is 0 Å². The molecular weight excluding hydrogens is 332 g/mol. The lowest BCUT2D eigenvalue weighted by molar-refractivity contribution is 0.581. The summed E-state index contributed by atoms with van der Waals surface area (Å²) in [7, 11) is 0. The van der Waals surface area contributed by atoms with E-state index in [4.69, 9.17) is 4.98 Å². The normalized spacial score (nSPS) is 12.4. The summed E-state index contributed by atoms with van der Waals surface area (Å²) in [5, 5.41) is 0. The average Bonchev–Trinajstić information content (AvgIpc) is 2.69. The molecule has 0 saturated carbocycles. The molecule has 4 heteroatoms. The van der Waals surface area contributed by atoms with Crippen molar-refractivity contribution >= 4 is 0 Å². The molecule has 3 aromatic rings. The van der Waals surface area contributed by atoms with E-state index in [0.29, 0.717) is 5.92 Å². The van der Waals surface area contributed by atoms with Crippen LogP contribution in [0.4, 0.5) is 0 Å². The molecule has 4 nitrogen and oxygen atoms in total. The minimum Gasteiger partial charge on any atom is -0.265 e. The van der Waals surface area contributed by atoms with Crippen molar-refractivity contribution in [1.82, 2.24) is 19.9 Å². The molecule has 3 rings (SSSR count). The topological polar surface area (TPSA) is 51.6 Å². The molecular formula is C23H28N4. The van der Waals surface area contributed by atoms with Gasteiger partial charge in [-0.1, -0.05) is 33.8 Å². The molecule has 0 aromatic carbocycles. The zero-order chi connectivity index (χ0) is 19.7. The van der Waals surface area contributed by atoms with Crippen molar-refractivity contribution in [2.24, 2.45) is 0 Å². The van der Waals surface area contributed by atoms with E-state index in [9.17, 15) is 0 Å². The molecule has 0 aliphatic carbocycles. The number of hydrogen-bond acceptors (Lipinski definition) is 4. The Morgan fingerprint density at radius 2 is 1.33 bits per heavy atom. The van der Waals surface area contributed by atoms with E-state index < -0.39 is 0 Å². The van der Waals surface area contributed by atoms with E-state index in [1.807, 2.05) is 31.0 Å². The Labute approximate surface area is 162 Å². The molecule has 0 unspecified atom stereocenters. The third-order valence-corrected chi connectivity index (χ3v) is 5.43. The van der Waals surface area contributed by atoms with Crippen LogP contribution in [0, 0.1) is 0 Å². The van der Waals surface area contributed by atoms with Crippen LogP contribution in [0.5, 0.6) is 0 Å². The lowest BCUT2D eigenvalue weighted by atomic mass is 9.78. The number of aromatic nitrogens is 4. The Hall–Kier alpha value is -2.62. The zero-order valence-electron chi connectivity index (χ0n) is 17.1. The zero-order valence-corrected chi connectivity index (χ0v) is 17.1. The van der Waals surface area contributed by atoms with Gasteiger partial charge in [-0.25, -0.2) is 0 Å². The second kappa shape index (κ2) is 7.18. The third-order valence-electron chi connectivity index (χ3n) is 5.43. The lowest BCUT2D eigenvalue weighted by Crippen LogP contribution is -2.24. The van der Waals surface area contributed by atoms with Gasteiger partial charge in [0.25, 0.3) is 0 Å². The van der Waals surface area contributed by atoms with Crippen LogP contribution in [0.2, 0.25) is 0 Å². The van der Waals surface area contributed by atoms with Crippen molar-refractivity contribution in [3.63, 3.8) is 0 Å². The van der Waals surface area contributed by atoms with Gasteiger partial charge in [-0.2, -0.15) is 0 Å². The maximum absolute atomic E-state index is 4.79. The Morgan fingerprint density at radius 1 is 0.667 bits per heavy atom. The first-order chi connectivity index (χ1) is 12.7. The Bertz CT molecular complexity index is 880. The molecule has 0 fully saturated rings. The quantitative estimate of drug-likeness (QED) is 0.639. The maximum atomic E-state index is 4.79. The fourth-order valence-electron chi connectivity index (χ4n) is 3.16. The Kier molecular flexibility index (Phi) is 5.09. The van der Waals surface area contributed by atoms with E-state index in [1.165, 1.54) is 11.1 Å². The number of hydrogen-bond donors (Lipinski definition) is 0. The summed E-state index contributed by atoms with van der Waals surface area (Å²) < 4.78 is 0. The SMILES string of the molecule is CC(C)c1cnc(C(C)(C)c2ccc(C(C)(C)c3ccncc3)cn2)cn1. The summed E-state index contributed by atoms with van der Waals surface area (Å²) in [6, 6.07) is 8.39. The van der Waals surface area contributed by atoms with Gasteiger partial charge in [0.15, 0.2) is 0 Å². The Balaban J connectivity index is 1.90. The smallest absolute Gasteiger partial charge is 0.0702 e. The van der Waals surface area contributed by atoms with E-state index in [1.54, 1.807) is 0 Å². The molecule has 0 aliphatic heterocycles. The first-order valence-electron chi connectivity index (χ1n) is 9.43. The fraction of sp³-hybridized carbons (Fsp3) is 0.391. The van der Waals surface area contributed by atoms with Crippen LogP contribution in [0.3, 0.4) is 0 Å². The summed E-state index contributed by atoms with van der Waals surface area (Å²) in [6.45, 7) is 12.9. The van der Waals surface area contributed by atoms with Crippen LogP contribution in [-0.4, -0.2) is 19.9 Å². The standard InChI is InChI=1S/C23H28N4/c1-16(2)19-14-27-21(15-25-19)23(5,6)20-8-7-18(13-26-20)22(3,4)17-9-11-24-12-10-17/h7-16H,1-6H3. The van der Waals surface area contributed by atoms with E-state index in [0.717, 1.165) is 17.1 Å². The molecule has 0 aliphatic rings. The predicted molar refractivity (Wildman–Crippen MR) is 109 cm³/mol. The molecule has 0 amide bonds. The third kappa shape index (κ3) is 3.75. The minimum absolute atomic E-state index is 0.128. The fourth-order valence-corrected chi connectivity index (χ4v) is 3.16. The van der Waals surface area contributed by atoms with Gasteiger partial charge in [-0.05, 0) is 49.1 Å². The highest BCUT2D eigenvalue weighted by Gasteiger charge is 2.29. The molecule has 0 spiro atoms. The van der Waals surface area contributed by atoms with Gasteiger partial charge >= 0.3 is 0 Å². The maximum Gasteiger partial charge on any atom is 0.0702 e. The highest BCUT2D eigenvalue weighted by atomic mass is 14.8. The Morgan fingerprint density at radius 3 is 1.85 bits per heavy atom. The van der Waals surface area contributed by atoms with Gasteiger partial charge in [0, 0.05) is 36.4 Å². The van der Waals surface area contributed by atoms with E-state index in [2.05, 4.69) is 80.8 Å². The molecule has 0 atom stereocenters. The van der Waals surface area contributed by atoms with Gasteiger partial charge < -0.3 is 0 Å². The number of nitrogens with zero attached hydrogens (tertiary/aromatic N) is 4. The van der Waals surface area contributed by atoms with Crippen molar-refractivity contribution in [1.29, 1.82) is 0 Å². The van der Waals surface area contributed by atoms with Gasteiger partial charge in [0.1, 0.15) is 0 Å². The van der Waals surface area contributed by atoms with Crippen molar-refractivity contribution in [3.05, 3.63) is 83.5 Å². The molecule has 3 aromatic heterocycles. The van der Waals surface area contributed by atoms with E-state index in [-0.39, 0.29) is 10.8 Å². The van der Waals surface area contributed by atoms with E-state index >= 15 is 0 Å². The first kappa shape index (κ1) is 19.2. The molecule has 140 valence electrons. The molecule has 0 radical (unpaired) electrons. The number of pyridine rings is 2. The van der Waals surface area contributed by atoms with Crippen LogP contribution >= 0.6 is 0 Å². The average molecular weight is 361 g/mol. The van der Waals surface area contributed by atoms with Crippen LogP contribution in [0.25, 0.3) is 0 Å². The molecule has 0 saturated heterocycles. The second-order valence-electron chi connectivity index (χ2n) is 8.40. The van der Waals surface area contributed by atoms with Gasteiger partial charge in [0.05, 0.1) is 22.5 Å². The summed E-state index contributed by atoms with van der Waals surface area (Å²) in [6.07, 6.45) is 9.41.